The van der Waals surface area contributed by atoms with Crippen molar-refractivity contribution in [1.82, 2.24) is 0 Å². The summed E-state index contributed by atoms with van der Waals surface area (Å²) < 4.78 is 0. The summed E-state index contributed by atoms with van der Waals surface area (Å²) >= 11 is 0. The first kappa shape index (κ1) is 14.3. The van der Waals surface area contributed by atoms with E-state index in [1.54, 1.807) is 5.57 Å². The summed E-state index contributed by atoms with van der Waals surface area (Å²) in [5.41, 5.74) is 2.31. The summed E-state index contributed by atoms with van der Waals surface area (Å²) in [6, 6.07) is 0. The normalized spacial score (nSPS) is 54.9. The first-order chi connectivity index (χ1) is 10.1. The summed E-state index contributed by atoms with van der Waals surface area (Å²) in [5, 5.41) is 9.99. The molecule has 4 fully saturated rings. The van der Waals surface area contributed by atoms with Crippen molar-refractivity contribution >= 4 is 0 Å². The van der Waals surface area contributed by atoms with Gasteiger partial charge in [-0.15, -0.1) is 0 Å². The SMILES string of the molecule is C/C=C1\CCC2C3CC[C@@H]4C[C@H](O)CC[C@@H]4C3CC[C@]12C. The van der Waals surface area contributed by atoms with Gasteiger partial charge in [-0.2, -0.15) is 0 Å². The minimum absolute atomic E-state index is 0.0118. The van der Waals surface area contributed by atoms with Gasteiger partial charge in [0.25, 0.3) is 0 Å². The Kier molecular flexibility index (Phi) is 3.48. The topological polar surface area (TPSA) is 20.2 Å². The van der Waals surface area contributed by atoms with Crippen LogP contribution >= 0.6 is 0 Å². The molecule has 0 aromatic rings. The molecule has 4 rings (SSSR count). The van der Waals surface area contributed by atoms with Gasteiger partial charge in [-0.05, 0) is 99.7 Å². The summed E-state index contributed by atoms with van der Waals surface area (Å²) in [6.45, 7) is 4.83. The van der Waals surface area contributed by atoms with E-state index in [1.165, 1.54) is 44.9 Å². The van der Waals surface area contributed by atoms with E-state index >= 15 is 0 Å². The number of hydrogen-bond donors (Lipinski definition) is 1. The minimum Gasteiger partial charge on any atom is -0.393 e. The minimum atomic E-state index is 0.0118. The van der Waals surface area contributed by atoms with Crippen molar-refractivity contribution in [1.29, 1.82) is 0 Å². The molecule has 4 aliphatic carbocycles. The molecule has 0 saturated heterocycles. The third kappa shape index (κ3) is 2.06. The van der Waals surface area contributed by atoms with Crippen LogP contribution in [0.1, 0.15) is 71.6 Å². The molecule has 0 aromatic carbocycles. The molecular formula is C20H32O. The van der Waals surface area contributed by atoms with Crippen molar-refractivity contribution in [3.8, 4) is 0 Å². The molecular weight excluding hydrogens is 256 g/mol. The van der Waals surface area contributed by atoms with E-state index < -0.39 is 0 Å². The molecule has 0 heterocycles. The maximum absolute atomic E-state index is 9.99. The second-order valence-corrected chi connectivity index (χ2v) is 8.71. The molecule has 118 valence electrons. The van der Waals surface area contributed by atoms with Crippen LogP contribution in [0.25, 0.3) is 0 Å². The molecule has 0 spiro atoms. The second kappa shape index (κ2) is 5.11. The molecule has 1 nitrogen and oxygen atoms in total. The fourth-order valence-corrected chi connectivity index (χ4v) is 7.15. The number of rotatable bonds is 0. The highest BCUT2D eigenvalue weighted by Gasteiger charge is 2.54. The number of hydrogen-bond acceptors (Lipinski definition) is 1. The Bertz CT molecular complexity index is 439. The monoisotopic (exact) mass is 288 g/mol. The molecule has 0 aromatic heterocycles. The Balaban J connectivity index is 1.58. The highest BCUT2D eigenvalue weighted by molar-refractivity contribution is 5.23. The van der Waals surface area contributed by atoms with E-state index in [0.29, 0.717) is 5.41 Å². The summed E-state index contributed by atoms with van der Waals surface area (Å²) in [5.74, 6) is 4.76. The molecule has 7 atom stereocenters. The Morgan fingerprint density at radius 3 is 2.62 bits per heavy atom. The molecule has 1 N–H and O–H groups in total. The van der Waals surface area contributed by atoms with E-state index in [9.17, 15) is 5.11 Å². The quantitative estimate of drug-likeness (QED) is 0.626. The zero-order valence-corrected chi connectivity index (χ0v) is 13.9. The molecule has 0 amide bonds. The highest BCUT2D eigenvalue weighted by Crippen LogP contribution is 2.63. The smallest absolute Gasteiger partial charge is 0.0543 e. The molecule has 4 saturated carbocycles. The van der Waals surface area contributed by atoms with Gasteiger partial charge < -0.3 is 5.11 Å². The van der Waals surface area contributed by atoms with Crippen molar-refractivity contribution in [2.24, 2.45) is 35.0 Å². The molecule has 21 heavy (non-hydrogen) atoms. The van der Waals surface area contributed by atoms with Gasteiger partial charge in [-0.1, -0.05) is 18.6 Å². The Labute approximate surface area is 130 Å². The van der Waals surface area contributed by atoms with Crippen LogP contribution in [-0.4, -0.2) is 11.2 Å². The average molecular weight is 288 g/mol. The van der Waals surface area contributed by atoms with E-state index in [-0.39, 0.29) is 6.10 Å². The van der Waals surface area contributed by atoms with Gasteiger partial charge in [0.2, 0.25) is 0 Å². The van der Waals surface area contributed by atoms with Crippen LogP contribution in [-0.2, 0) is 0 Å². The van der Waals surface area contributed by atoms with Crippen LogP contribution in [0.2, 0.25) is 0 Å². The fraction of sp³-hybridized carbons (Fsp3) is 0.900. The lowest BCUT2D eigenvalue weighted by Gasteiger charge is -2.55. The predicted molar refractivity (Wildman–Crippen MR) is 86.9 cm³/mol. The zero-order chi connectivity index (χ0) is 14.6. The Hall–Kier alpha value is -0.300. The third-order valence-electron chi connectivity index (χ3n) is 8.12. The van der Waals surface area contributed by atoms with Crippen LogP contribution < -0.4 is 0 Å². The number of aliphatic hydroxyl groups is 1. The van der Waals surface area contributed by atoms with Gasteiger partial charge in [0.15, 0.2) is 0 Å². The van der Waals surface area contributed by atoms with Gasteiger partial charge >= 0.3 is 0 Å². The lowest BCUT2D eigenvalue weighted by atomic mass is 9.50. The maximum atomic E-state index is 9.99. The van der Waals surface area contributed by atoms with Crippen molar-refractivity contribution in [2.45, 2.75) is 77.7 Å². The second-order valence-electron chi connectivity index (χ2n) is 8.71. The molecule has 0 radical (unpaired) electrons. The molecule has 1 heteroatoms. The van der Waals surface area contributed by atoms with E-state index in [2.05, 4.69) is 19.9 Å². The molecule has 4 aliphatic rings. The van der Waals surface area contributed by atoms with Crippen LogP contribution in [0.3, 0.4) is 0 Å². The first-order valence-corrected chi connectivity index (χ1v) is 9.47. The van der Waals surface area contributed by atoms with E-state index in [4.69, 9.17) is 0 Å². The average Bonchev–Trinajstić information content (AvgIpc) is 2.83. The van der Waals surface area contributed by atoms with Gasteiger partial charge in [0, 0.05) is 0 Å². The van der Waals surface area contributed by atoms with Gasteiger partial charge in [0.1, 0.15) is 0 Å². The summed E-state index contributed by atoms with van der Waals surface area (Å²) in [7, 11) is 0. The summed E-state index contributed by atoms with van der Waals surface area (Å²) in [6.07, 6.45) is 14.5. The van der Waals surface area contributed by atoms with Crippen LogP contribution in [0, 0.1) is 35.0 Å². The van der Waals surface area contributed by atoms with Crippen molar-refractivity contribution in [3.63, 3.8) is 0 Å². The lowest BCUT2D eigenvalue weighted by molar-refractivity contribution is -0.0610. The van der Waals surface area contributed by atoms with Crippen LogP contribution in [0.4, 0.5) is 0 Å². The highest BCUT2D eigenvalue weighted by atomic mass is 16.3. The van der Waals surface area contributed by atoms with Crippen molar-refractivity contribution < 1.29 is 5.11 Å². The van der Waals surface area contributed by atoms with Crippen LogP contribution in [0.5, 0.6) is 0 Å². The molecule has 0 aliphatic heterocycles. The van der Waals surface area contributed by atoms with E-state index in [1.807, 2.05) is 0 Å². The van der Waals surface area contributed by atoms with Gasteiger partial charge in [-0.25, -0.2) is 0 Å². The van der Waals surface area contributed by atoms with E-state index in [0.717, 1.165) is 42.4 Å². The number of allylic oxidation sites excluding steroid dienone is 2. The van der Waals surface area contributed by atoms with Crippen LogP contribution in [0.15, 0.2) is 11.6 Å². The molecule has 0 bridgehead atoms. The first-order valence-electron chi connectivity index (χ1n) is 9.47. The fourth-order valence-electron chi connectivity index (χ4n) is 7.15. The predicted octanol–water partition coefficient (Wildman–Crippen LogP) is 4.95. The van der Waals surface area contributed by atoms with Crippen molar-refractivity contribution in [2.75, 3.05) is 0 Å². The van der Waals surface area contributed by atoms with Gasteiger partial charge in [0.05, 0.1) is 6.10 Å². The zero-order valence-electron chi connectivity index (χ0n) is 13.9. The van der Waals surface area contributed by atoms with Gasteiger partial charge in [-0.3, -0.25) is 0 Å². The summed E-state index contributed by atoms with van der Waals surface area (Å²) in [4.78, 5) is 0. The maximum Gasteiger partial charge on any atom is 0.0543 e. The largest absolute Gasteiger partial charge is 0.393 e. The Morgan fingerprint density at radius 2 is 1.81 bits per heavy atom. The number of aliphatic hydroxyl groups excluding tert-OH is 1. The third-order valence-corrected chi connectivity index (χ3v) is 8.12. The standard InChI is InChI=1S/C20H32O/c1-3-14-5-9-19-18-7-4-13-12-15(21)6-8-16(13)17(18)10-11-20(14,19)2/h3,13,15-19,21H,4-12H2,1-2H3/b14-3+/t13-,15-,16+,17?,18?,19?,20-/m1/s1. The van der Waals surface area contributed by atoms with Crippen molar-refractivity contribution in [3.05, 3.63) is 11.6 Å². The molecule has 3 unspecified atom stereocenters. The Morgan fingerprint density at radius 1 is 1.00 bits per heavy atom. The lowest BCUT2D eigenvalue weighted by Crippen LogP contribution is -2.48. The number of fused-ring (bicyclic) bond motifs is 5.